The molecule has 0 bridgehead atoms. The molecule has 0 atom stereocenters. The number of aryl methyl sites for hydroxylation is 2. The van der Waals surface area contributed by atoms with E-state index in [0.717, 1.165) is 28.8 Å². The van der Waals surface area contributed by atoms with Crippen LogP contribution in [0.4, 0.5) is 0 Å². The van der Waals surface area contributed by atoms with Gasteiger partial charge in [-0.2, -0.15) is 5.10 Å². The number of pyridine rings is 2. The van der Waals surface area contributed by atoms with Crippen molar-refractivity contribution in [3.8, 4) is 11.3 Å². The Kier molecular flexibility index (Phi) is 4.84. The highest BCUT2D eigenvalue weighted by atomic mass is 16.4. The van der Waals surface area contributed by atoms with Crippen molar-refractivity contribution in [2.24, 2.45) is 0 Å². The van der Waals surface area contributed by atoms with Gasteiger partial charge in [-0.3, -0.25) is 19.4 Å². The summed E-state index contributed by atoms with van der Waals surface area (Å²) < 4.78 is 1.54. The van der Waals surface area contributed by atoms with E-state index in [9.17, 15) is 14.7 Å². The van der Waals surface area contributed by atoms with Crippen LogP contribution in [-0.2, 0) is 19.4 Å². The number of carboxylic acids is 1. The van der Waals surface area contributed by atoms with Crippen LogP contribution in [0.5, 0.6) is 0 Å². The van der Waals surface area contributed by atoms with E-state index in [1.807, 2.05) is 12.3 Å². The van der Waals surface area contributed by atoms with E-state index in [1.54, 1.807) is 35.4 Å². The predicted molar refractivity (Wildman–Crippen MR) is 101 cm³/mol. The summed E-state index contributed by atoms with van der Waals surface area (Å²) in [6, 6.07) is 5.17. The van der Waals surface area contributed by atoms with Gasteiger partial charge < -0.3 is 10.4 Å². The van der Waals surface area contributed by atoms with Crippen molar-refractivity contribution in [2.45, 2.75) is 25.8 Å². The number of nitrogens with one attached hydrogen (secondary N) is 1. The molecular formula is C20H19N5O3. The number of rotatable bonds is 6. The van der Waals surface area contributed by atoms with Gasteiger partial charge in [-0.25, -0.2) is 4.79 Å². The fourth-order valence-electron chi connectivity index (χ4n) is 3.51. The smallest absolute Gasteiger partial charge is 0.354 e. The van der Waals surface area contributed by atoms with Gasteiger partial charge in [0.15, 0.2) is 0 Å². The predicted octanol–water partition coefficient (Wildman–Crippen LogP) is 1.96. The largest absolute Gasteiger partial charge is 0.477 e. The molecule has 0 fully saturated rings. The highest BCUT2D eigenvalue weighted by Gasteiger charge is 2.27. The van der Waals surface area contributed by atoms with Crippen LogP contribution in [-0.4, -0.2) is 43.3 Å². The van der Waals surface area contributed by atoms with Gasteiger partial charge in [0.05, 0.1) is 5.69 Å². The van der Waals surface area contributed by atoms with Crippen LogP contribution in [0, 0.1) is 0 Å². The van der Waals surface area contributed by atoms with Crippen LogP contribution in [0.1, 0.15) is 38.4 Å². The maximum atomic E-state index is 12.1. The third kappa shape index (κ3) is 3.36. The lowest BCUT2D eigenvalue weighted by atomic mass is 9.90. The Morgan fingerprint density at radius 3 is 2.68 bits per heavy atom. The van der Waals surface area contributed by atoms with Crippen molar-refractivity contribution in [1.82, 2.24) is 25.1 Å². The molecule has 8 nitrogen and oxygen atoms in total. The van der Waals surface area contributed by atoms with E-state index in [1.165, 1.54) is 0 Å². The molecule has 0 aliphatic heterocycles. The number of amides is 1. The first-order valence-electron chi connectivity index (χ1n) is 9.09. The minimum absolute atomic E-state index is 0.179. The van der Waals surface area contributed by atoms with Crippen LogP contribution in [0.25, 0.3) is 11.3 Å². The Balaban J connectivity index is 1.48. The molecule has 142 valence electrons. The van der Waals surface area contributed by atoms with Gasteiger partial charge in [-0.1, -0.05) is 0 Å². The molecule has 28 heavy (non-hydrogen) atoms. The van der Waals surface area contributed by atoms with Gasteiger partial charge in [-0.05, 0) is 43.0 Å². The maximum Gasteiger partial charge on any atom is 0.354 e. The van der Waals surface area contributed by atoms with Gasteiger partial charge >= 0.3 is 5.97 Å². The van der Waals surface area contributed by atoms with Crippen molar-refractivity contribution in [3.63, 3.8) is 0 Å². The number of carbonyl (C=O) groups excluding carboxylic acids is 1. The molecule has 1 amide bonds. The Morgan fingerprint density at radius 2 is 1.89 bits per heavy atom. The number of aromatic nitrogens is 4. The zero-order chi connectivity index (χ0) is 19.5. The number of carbonyl (C=O) groups is 2. The Hall–Kier alpha value is -3.55. The van der Waals surface area contributed by atoms with Crippen LogP contribution in [0.15, 0.2) is 43.0 Å². The van der Waals surface area contributed by atoms with Crippen LogP contribution >= 0.6 is 0 Å². The van der Waals surface area contributed by atoms with Gasteiger partial charge in [0, 0.05) is 54.6 Å². The molecule has 3 aromatic heterocycles. The third-order valence-corrected chi connectivity index (χ3v) is 4.83. The number of nitrogens with zero attached hydrogens (tertiary/aromatic N) is 4. The monoisotopic (exact) mass is 377 g/mol. The number of aromatic carboxylic acids is 1. The highest BCUT2D eigenvalue weighted by Crippen LogP contribution is 2.34. The molecule has 2 N–H and O–H groups in total. The van der Waals surface area contributed by atoms with Crippen molar-refractivity contribution >= 4 is 11.9 Å². The minimum atomic E-state index is -0.980. The molecule has 1 aliphatic rings. The Bertz CT molecular complexity index is 1030. The normalized spacial score (nSPS) is 12.1. The van der Waals surface area contributed by atoms with Gasteiger partial charge in [0.2, 0.25) is 0 Å². The van der Waals surface area contributed by atoms with E-state index >= 15 is 0 Å². The molecule has 8 heteroatoms. The summed E-state index contributed by atoms with van der Waals surface area (Å²) in [5.41, 5.74) is 4.30. The average Bonchev–Trinajstić information content (AvgIpc) is 3.11. The summed E-state index contributed by atoms with van der Waals surface area (Å²) >= 11 is 0. The molecule has 1 aliphatic carbocycles. The molecule has 3 aromatic rings. The van der Waals surface area contributed by atoms with Gasteiger partial charge in [-0.15, -0.1) is 0 Å². The lowest BCUT2D eigenvalue weighted by molar-refractivity contribution is 0.0681. The molecule has 0 radical (unpaired) electrons. The lowest BCUT2D eigenvalue weighted by Gasteiger charge is -2.14. The van der Waals surface area contributed by atoms with E-state index in [4.69, 9.17) is 0 Å². The fraction of sp³-hybridized carbons (Fsp3) is 0.250. The summed E-state index contributed by atoms with van der Waals surface area (Å²) in [5, 5.41) is 17.1. The first kappa shape index (κ1) is 17.8. The zero-order valence-corrected chi connectivity index (χ0v) is 15.1. The van der Waals surface area contributed by atoms with Crippen LogP contribution < -0.4 is 5.32 Å². The molecular weight excluding hydrogens is 358 g/mol. The number of carboxylic acid groups (broad SMARTS) is 1. The summed E-state index contributed by atoms with van der Waals surface area (Å²) in [6.07, 6.45) is 8.60. The topological polar surface area (TPSA) is 110 Å². The van der Waals surface area contributed by atoms with E-state index in [2.05, 4.69) is 20.4 Å². The number of hydrogen-bond donors (Lipinski definition) is 2. The van der Waals surface area contributed by atoms with E-state index in [-0.39, 0.29) is 11.6 Å². The second kappa shape index (κ2) is 7.59. The molecule has 4 rings (SSSR count). The Labute approximate surface area is 161 Å². The molecule has 0 aromatic carbocycles. The zero-order valence-electron chi connectivity index (χ0n) is 15.1. The van der Waals surface area contributed by atoms with Crippen LogP contribution in [0.3, 0.4) is 0 Å². The van der Waals surface area contributed by atoms with Gasteiger partial charge in [0.25, 0.3) is 5.91 Å². The molecule has 0 saturated carbocycles. The highest BCUT2D eigenvalue weighted by molar-refractivity contribution is 5.94. The van der Waals surface area contributed by atoms with Gasteiger partial charge in [0.1, 0.15) is 5.69 Å². The lowest BCUT2D eigenvalue weighted by Crippen LogP contribution is -2.25. The van der Waals surface area contributed by atoms with E-state index in [0.29, 0.717) is 31.5 Å². The molecule has 0 saturated heterocycles. The number of hydrogen-bond acceptors (Lipinski definition) is 5. The standard InChI is InChI=1S/C20H19N5O3/c26-19(13-4-8-21-9-5-13)23-7-1-11-25-18(20(27)28)16-3-2-14-12-22-10-6-15(14)17(16)24-25/h4-6,8-10,12H,1-3,7,11H2,(H,23,26)(H,27,28). The second-order valence-electron chi connectivity index (χ2n) is 6.58. The minimum Gasteiger partial charge on any atom is -0.477 e. The van der Waals surface area contributed by atoms with Crippen molar-refractivity contribution < 1.29 is 14.7 Å². The average molecular weight is 377 g/mol. The molecule has 3 heterocycles. The fourth-order valence-corrected chi connectivity index (χ4v) is 3.51. The quantitative estimate of drug-likeness (QED) is 0.636. The summed E-state index contributed by atoms with van der Waals surface area (Å²) in [4.78, 5) is 31.9. The van der Waals surface area contributed by atoms with Crippen LogP contribution in [0.2, 0.25) is 0 Å². The first-order chi connectivity index (χ1) is 13.6. The molecule has 0 spiro atoms. The summed E-state index contributed by atoms with van der Waals surface area (Å²) in [7, 11) is 0. The molecule has 0 unspecified atom stereocenters. The summed E-state index contributed by atoms with van der Waals surface area (Å²) in [6.45, 7) is 0.830. The third-order valence-electron chi connectivity index (χ3n) is 4.83. The maximum absolute atomic E-state index is 12.1. The van der Waals surface area contributed by atoms with Crippen molar-refractivity contribution in [2.75, 3.05) is 6.54 Å². The first-order valence-corrected chi connectivity index (χ1v) is 9.09. The van der Waals surface area contributed by atoms with Crippen molar-refractivity contribution in [3.05, 3.63) is 65.4 Å². The summed E-state index contributed by atoms with van der Waals surface area (Å²) in [5.74, 6) is -1.16. The number of fused-ring (bicyclic) bond motifs is 3. The van der Waals surface area contributed by atoms with Crippen molar-refractivity contribution in [1.29, 1.82) is 0 Å². The SMILES string of the molecule is O=C(NCCCn1nc2c(c1C(=O)O)CCc1cnccc1-2)c1ccncc1. The van der Waals surface area contributed by atoms with E-state index < -0.39 is 5.97 Å². The second-order valence-corrected chi connectivity index (χ2v) is 6.58. The Morgan fingerprint density at radius 1 is 1.11 bits per heavy atom.